The molecule has 2 aromatic carbocycles. The molecule has 0 radical (unpaired) electrons. The normalized spacial score (nSPS) is 25.1. The molecule has 0 amide bonds. The van der Waals surface area contributed by atoms with Crippen LogP contribution >= 0.6 is 0 Å². The first-order valence-electron chi connectivity index (χ1n) is 12.2. The molecule has 2 unspecified atom stereocenters. The van der Waals surface area contributed by atoms with Crippen LogP contribution in [0.15, 0.2) is 65.9 Å². The number of nitrogens with zero attached hydrogens (tertiary/aromatic N) is 1. The Balaban J connectivity index is 1.51. The van der Waals surface area contributed by atoms with E-state index < -0.39 is 0 Å². The van der Waals surface area contributed by atoms with Crippen molar-refractivity contribution in [3.63, 3.8) is 0 Å². The number of hydrogen-bond acceptors (Lipinski definition) is 4. The number of ether oxygens (including phenoxy) is 2. The fraction of sp³-hybridized carbons (Fsp3) is 0.448. The van der Waals surface area contributed by atoms with Crippen molar-refractivity contribution in [2.45, 2.75) is 57.6 Å². The van der Waals surface area contributed by atoms with Crippen LogP contribution in [0.3, 0.4) is 0 Å². The number of phenolic OH excluding ortho intramolecular Hbond substituents is 1. The van der Waals surface area contributed by atoms with Gasteiger partial charge in [-0.15, -0.1) is 0 Å². The van der Waals surface area contributed by atoms with E-state index in [0.29, 0.717) is 18.4 Å². The van der Waals surface area contributed by atoms with Crippen molar-refractivity contribution in [3.05, 3.63) is 82.6 Å². The summed E-state index contributed by atoms with van der Waals surface area (Å²) in [5.74, 6) is 2.65. The number of methoxy groups -OCH3 is 1. The minimum Gasteiger partial charge on any atom is -0.504 e. The van der Waals surface area contributed by atoms with Crippen molar-refractivity contribution < 1.29 is 14.6 Å². The molecule has 2 aromatic rings. The van der Waals surface area contributed by atoms with Crippen LogP contribution in [0.25, 0.3) is 0 Å². The van der Waals surface area contributed by atoms with E-state index in [1.54, 1.807) is 7.11 Å². The van der Waals surface area contributed by atoms with Gasteiger partial charge in [-0.3, -0.25) is 4.90 Å². The third-order valence-electron chi connectivity index (χ3n) is 7.82. The quantitative estimate of drug-likeness (QED) is 0.578. The molecule has 5 rings (SSSR count). The maximum atomic E-state index is 11.6. The molecule has 4 heteroatoms. The van der Waals surface area contributed by atoms with Gasteiger partial charge < -0.3 is 14.6 Å². The van der Waals surface area contributed by atoms with Crippen molar-refractivity contribution in [2.75, 3.05) is 20.2 Å². The number of allylic oxidation sites excluding steroid dienone is 3. The van der Waals surface area contributed by atoms with Gasteiger partial charge in [0, 0.05) is 30.0 Å². The molecule has 0 aromatic heterocycles. The lowest BCUT2D eigenvalue weighted by Crippen LogP contribution is -2.51. The Morgan fingerprint density at radius 2 is 1.88 bits per heavy atom. The smallest absolute Gasteiger partial charge is 0.162 e. The number of likely N-dealkylation sites (tertiary alicyclic amines) is 1. The average Bonchev–Trinajstić information content (AvgIpc) is 3.65. The maximum absolute atomic E-state index is 11.6. The first kappa shape index (κ1) is 22.1. The van der Waals surface area contributed by atoms with Crippen LogP contribution in [0, 0.1) is 12.8 Å². The topological polar surface area (TPSA) is 41.9 Å². The number of hydrogen-bond donors (Lipinski definition) is 1. The molecule has 0 bridgehead atoms. The molecular weight excluding hydrogens is 410 g/mol. The van der Waals surface area contributed by atoms with Crippen molar-refractivity contribution in [1.29, 1.82) is 0 Å². The third-order valence-corrected chi connectivity index (χ3v) is 7.82. The van der Waals surface area contributed by atoms with Crippen LogP contribution in [0.5, 0.6) is 11.5 Å². The van der Waals surface area contributed by atoms with Crippen LogP contribution < -0.4 is 4.74 Å². The third kappa shape index (κ3) is 4.17. The summed E-state index contributed by atoms with van der Waals surface area (Å²) in [6, 6.07) is 14.4. The summed E-state index contributed by atoms with van der Waals surface area (Å²) in [4.78, 5) is 2.63. The lowest BCUT2D eigenvalue weighted by molar-refractivity contribution is 0.137. The van der Waals surface area contributed by atoms with Crippen molar-refractivity contribution in [2.24, 2.45) is 5.92 Å². The maximum Gasteiger partial charge on any atom is 0.162 e. The summed E-state index contributed by atoms with van der Waals surface area (Å²) in [7, 11) is 1.75. The van der Waals surface area contributed by atoms with Gasteiger partial charge in [-0.2, -0.15) is 0 Å². The summed E-state index contributed by atoms with van der Waals surface area (Å²) < 4.78 is 11.9. The first-order chi connectivity index (χ1) is 16.0. The molecule has 174 valence electrons. The summed E-state index contributed by atoms with van der Waals surface area (Å²) >= 11 is 0. The van der Waals surface area contributed by atoms with E-state index >= 15 is 0 Å². The average molecular weight is 446 g/mol. The summed E-state index contributed by atoms with van der Waals surface area (Å²) in [5, 5.41) is 11.6. The minimum atomic E-state index is -0.278. The SMILES string of the molecule is COC1=CC=C2C(C)N(CC3CC3)CCC2(c2c(C)ccc(OCc3ccccc3)c2O)C1. The highest BCUT2D eigenvalue weighted by atomic mass is 16.5. The predicted molar refractivity (Wildman–Crippen MR) is 131 cm³/mol. The fourth-order valence-electron chi connectivity index (χ4n) is 5.81. The summed E-state index contributed by atoms with van der Waals surface area (Å²) in [5.41, 5.74) is 4.29. The van der Waals surface area contributed by atoms with E-state index in [1.165, 1.54) is 25.0 Å². The highest BCUT2D eigenvalue weighted by Gasteiger charge is 2.48. The lowest BCUT2D eigenvalue weighted by Gasteiger charge is -2.50. The van der Waals surface area contributed by atoms with Crippen LogP contribution in [-0.4, -0.2) is 36.2 Å². The van der Waals surface area contributed by atoms with Crippen LogP contribution in [-0.2, 0) is 16.8 Å². The zero-order chi connectivity index (χ0) is 23.0. The van der Waals surface area contributed by atoms with Crippen LogP contribution in [0.4, 0.5) is 0 Å². The van der Waals surface area contributed by atoms with Crippen molar-refractivity contribution in [3.8, 4) is 11.5 Å². The fourth-order valence-corrected chi connectivity index (χ4v) is 5.81. The Labute approximate surface area is 197 Å². The molecule has 2 aliphatic carbocycles. The van der Waals surface area contributed by atoms with Gasteiger partial charge in [0.05, 0.1) is 12.9 Å². The van der Waals surface area contributed by atoms with Gasteiger partial charge in [0.2, 0.25) is 0 Å². The summed E-state index contributed by atoms with van der Waals surface area (Å²) in [6.07, 6.45) is 8.83. The van der Waals surface area contributed by atoms with Gasteiger partial charge >= 0.3 is 0 Å². The van der Waals surface area contributed by atoms with E-state index in [1.807, 2.05) is 36.4 Å². The number of benzene rings is 2. The number of piperidine rings is 1. The molecule has 2 fully saturated rings. The second-order valence-corrected chi connectivity index (χ2v) is 9.96. The number of phenols is 1. The lowest BCUT2D eigenvalue weighted by atomic mass is 9.61. The minimum absolute atomic E-state index is 0.275. The molecule has 33 heavy (non-hydrogen) atoms. The van der Waals surface area contributed by atoms with Gasteiger partial charge in [-0.25, -0.2) is 0 Å². The Hall–Kier alpha value is -2.72. The molecule has 4 nitrogen and oxygen atoms in total. The zero-order valence-corrected chi connectivity index (χ0v) is 20.0. The van der Waals surface area contributed by atoms with Crippen LogP contribution in [0.1, 0.15) is 49.3 Å². The Kier molecular flexibility index (Phi) is 5.96. The van der Waals surface area contributed by atoms with Crippen molar-refractivity contribution >= 4 is 0 Å². The molecular formula is C29H35NO3. The number of fused-ring (bicyclic) bond motifs is 1. The Bertz CT molecular complexity index is 1070. The second kappa shape index (κ2) is 8.90. The highest BCUT2D eigenvalue weighted by Crippen LogP contribution is 2.54. The monoisotopic (exact) mass is 445 g/mol. The molecule has 2 atom stereocenters. The van der Waals surface area contributed by atoms with E-state index in [0.717, 1.165) is 47.8 Å². The molecule has 1 saturated heterocycles. The molecule has 1 saturated carbocycles. The van der Waals surface area contributed by atoms with Crippen molar-refractivity contribution in [1.82, 2.24) is 4.90 Å². The van der Waals surface area contributed by atoms with Gasteiger partial charge in [0.15, 0.2) is 11.5 Å². The number of rotatable bonds is 7. The molecule has 3 aliphatic rings. The van der Waals surface area contributed by atoms with E-state index in [9.17, 15) is 5.11 Å². The van der Waals surface area contributed by atoms with Gasteiger partial charge in [-0.1, -0.05) is 42.5 Å². The van der Waals surface area contributed by atoms with E-state index in [4.69, 9.17) is 9.47 Å². The first-order valence-corrected chi connectivity index (χ1v) is 12.2. The number of aryl methyl sites for hydroxylation is 1. The predicted octanol–water partition coefficient (Wildman–Crippen LogP) is 5.88. The van der Waals surface area contributed by atoms with E-state index in [-0.39, 0.29) is 11.2 Å². The molecule has 1 N–H and O–H groups in total. The largest absolute Gasteiger partial charge is 0.504 e. The summed E-state index contributed by atoms with van der Waals surface area (Å²) in [6.45, 7) is 7.08. The molecule has 0 spiro atoms. The van der Waals surface area contributed by atoms with Crippen LogP contribution in [0.2, 0.25) is 0 Å². The Morgan fingerprint density at radius 3 is 2.61 bits per heavy atom. The van der Waals surface area contributed by atoms with E-state index in [2.05, 4.69) is 37.0 Å². The van der Waals surface area contributed by atoms with Gasteiger partial charge in [-0.05, 0) is 74.4 Å². The second-order valence-electron chi connectivity index (χ2n) is 9.96. The standard InChI is InChI=1S/C29H35NO3/c1-20-9-14-26(33-19-23-7-5-4-6-8-23)28(31)27(20)29-15-16-30(18-22-10-11-22)21(2)25(29)13-12-24(17-29)32-3/h4-9,12-14,21-22,31H,10-11,15-19H2,1-3H3. The molecule has 1 aliphatic heterocycles. The van der Waals surface area contributed by atoms with Gasteiger partial charge in [0.1, 0.15) is 6.61 Å². The highest BCUT2D eigenvalue weighted by molar-refractivity contribution is 5.59. The zero-order valence-electron chi connectivity index (χ0n) is 20.0. The Morgan fingerprint density at radius 1 is 1.09 bits per heavy atom. The van der Waals surface area contributed by atoms with Gasteiger partial charge in [0.25, 0.3) is 0 Å². The molecule has 1 heterocycles. The number of aromatic hydroxyl groups is 1.